The molecule has 260 valence electrons. The van der Waals surface area contributed by atoms with Crippen LogP contribution in [0.1, 0.15) is 91.9 Å². The van der Waals surface area contributed by atoms with E-state index in [1.807, 2.05) is 18.7 Å². The number of halogens is 1. The van der Waals surface area contributed by atoms with Gasteiger partial charge in [-0.15, -0.1) is 0 Å². The van der Waals surface area contributed by atoms with Crippen LogP contribution in [0.5, 0.6) is 5.75 Å². The Hall–Kier alpha value is -3.45. The zero-order valence-corrected chi connectivity index (χ0v) is 29.9. The fraction of sp³-hybridized carbons (Fsp3) is 0.618. The summed E-state index contributed by atoms with van der Waals surface area (Å²) in [7, 11) is -4.31. The highest BCUT2D eigenvalue weighted by Crippen LogP contribution is 2.39. The first kappa shape index (κ1) is 36.4. The average molecular weight is 676 g/mol. The summed E-state index contributed by atoms with van der Waals surface area (Å²) in [6, 6.07) is 7.50. The summed E-state index contributed by atoms with van der Waals surface area (Å²) in [6.07, 6.45) is 1.20. The molecule has 0 aliphatic carbocycles. The highest BCUT2D eigenvalue weighted by Gasteiger charge is 2.41. The predicted molar refractivity (Wildman–Crippen MR) is 180 cm³/mol. The number of benzene rings is 1. The standard InChI is InChI=1S/C34H50FN5O6S/c1-22(2)20-45-26-16-24(15-25(35)17-26)28-12-11-27(29(36-28)40-19-23(3)18-33(40,7)8)30(41)38-47(43,44)39-14-10-13-34(9,21-39)37-31(42)46-32(4,5)6/h11-12,15-17,22-23H,10,13-14,18-21H2,1-9H3,(H,37,42)(H,38,41). The molecule has 0 bridgehead atoms. The van der Waals surface area contributed by atoms with Gasteiger partial charge in [-0.25, -0.2) is 18.9 Å². The van der Waals surface area contributed by atoms with Crippen molar-refractivity contribution in [3.8, 4) is 17.0 Å². The molecule has 47 heavy (non-hydrogen) atoms. The van der Waals surface area contributed by atoms with Crippen LogP contribution in [0.4, 0.5) is 15.0 Å². The van der Waals surface area contributed by atoms with Gasteiger partial charge in [-0.1, -0.05) is 20.8 Å². The highest BCUT2D eigenvalue weighted by atomic mass is 32.2. The molecule has 1 aromatic heterocycles. The SMILES string of the molecule is CC(C)COc1cc(F)cc(-c2ccc(C(=O)NS(=O)(=O)N3CCCC(C)(NC(=O)OC(C)(C)C)C3)c(N3CC(C)CC3(C)C)n2)c1. The van der Waals surface area contributed by atoms with Gasteiger partial charge in [0, 0.05) is 36.8 Å². The van der Waals surface area contributed by atoms with Gasteiger partial charge in [0.2, 0.25) is 0 Å². The number of ether oxygens (including phenoxy) is 2. The number of hydrogen-bond acceptors (Lipinski definition) is 8. The lowest BCUT2D eigenvalue weighted by Crippen LogP contribution is -2.60. The monoisotopic (exact) mass is 675 g/mol. The van der Waals surface area contributed by atoms with Crippen molar-refractivity contribution in [2.45, 2.75) is 98.3 Å². The number of rotatable bonds is 9. The lowest BCUT2D eigenvalue weighted by atomic mass is 9.93. The summed E-state index contributed by atoms with van der Waals surface area (Å²) < 4.78 is 56.5. The van der Waals surface area contributed by atoms with Gasteiger partial charge in [0.15, 0.2) is 0 Å². The molecule has 2 atom stereocenters. The zero-order valence-electron chi connectivity index (χ0n) is 29.1. The van der Waals surface area contributed by atoms with E-state index in [0.29, 0.717) is 54.7 Å². The predicted octanol–water partition coefficient (Wildman–Crippen LogP) is 5.90. The van der Waals surface area contributed by atoms with Crippen molar-refractivity contribution in [3.63, 3.8) is 0 Å². The van der Waals surface area contributed by atoms with Crippen LogP contribution in [-0.4, -0.2) is 72.6 Å². The Morgan fingerprint density at radius 2 is 1.85 bits per heavy atom. The molecular weight excluding hydrogens is 625 g/mol. The van der Waals surface area contributed by atoms with E-state index >= 15 is 0 Å². The molecule has 2 aliphatic heterocycles. The quantitative estimate of drug-likeness (QED) is 0.336. The summed E-state index contributed by atoms with van der Waals surface area (Å²) in [4.78, 5) is 33.2. The molecule has 0 radical (unpaired) electrons. The largest absolute Gasteiger partial charge is 0.493 e. The molecule has 4 rings (SSSR count). The third-order valence-corrected chi connectivity index (χ3v) is 9.66. The van der Waals surface area contributed by atoms with E-state index in [9.17, 15) is 22.4 Å². The van der Waals surface area contributed by atoms with Gasteiger partial charge in [-0.3, -0.25) is 4.79 Å². The van der Waals surface area contributed by atoms with Gasteiger partial charge in [0.1, 0.15) is 23.0 Å². The molecule has 2 aliphatic rings. The second-order valence-corrected chi connectivity index (χ2v) is 16.9. The molecule has 13 heteroatoms. The molecule has 0 spiro atoms. The van der Waals surface area contributed by atoms with Gasteiger partial charge in [0.25, 0.3) is 5.91 Å². The maximum Gasteiger partial charge on any atom is 0.408 e. The Morgan fingerprint density at radius 1 is 1.15 bits per heavy atom. The van der Waals surface area contributed by atoms with Crippen LogP contribution in [0.25, 0.3) is 11.3 Å². The van der Waals surface area contributed by atoms with Crippen molar-refractivity contribution < 1.29 is 31.9 Å². The molecule has 0 saturated carbocycles. The van der Waals surface area contributed by atoms with Crippen LogP contribution in [0.15, 0.2) is 30.3 Å². The lowest BCUT2D eigenvalue weighted by molar-refractivity contribution is 0.0424. The smallest absolute Gasteiger partial charge is 0.408 e. The van der Waals surface area contributed by atoms with E-state index in [0.717, 1.165) is 6.42 Å². The number of alkyl carbamates (subject to hydrolysis) is 1. The Bertz CT molecular complexity index is 1590. The number of anilines is 1. The molecule has 2 unspecified atom stereocenters. The number of hydrogen-bond donors (Lipinski definition) is 2. The fourth-order valence-electron chi connectivity index (χ4n) is 6.30. The Kier molecular flexibility index (Phi) is 10.5. The number of carbonyl (C=O) groups is 2. The van der Waals surface area contributed by atoms with Gasteiger partial charge >= 0.3 is 16.3 Å². The second-order valence-electron chi connectivity index (χ2n) is 15.2. The van der Waals surface area contributed by atoms with E-state index in [2.05, 4.69) is 30.8 Å². The number of piperidine rings is 1. The molecule has 2 saturated heterocycles. The number of pyridine rings is 1. The summed E-state index contributed by atoms with van der Waals surface area (Å²) >= 11 is 0. The summed E-state index contributed by atoms with van der Waals surface area (Å²) in [5.74, 6) is -0.0868. The van der Waals surface area contributed by atoms with Crippen LogP contribution in [0, 0.1) is 17.7 Å². The van der Waals surface area contributed by atoms with Crippen molar-refractivity contribution in [2.24, 2.45) is 11.8 Å². The molecule has 11 nitrogen and oxygen atoms in total. The first-order chi connectivity index (χ1) is 21.7. The van der Waals surface area contributed by atoms with Crippen molar-refractivity contribution >= 4 is 28.0 Å². The molecule has 2 N–H and O–H groups in total. The van der Waals surface area contributed by atoms with Gasteiger partial charge in [0.05, 0.1) is 23.4 Å². The summed E-state index contributed by atoms with van der Waals surface area (Å²) in [6.45, 7) is 18.4. The highest BCUT2D eigenvalue weighted by molar-refractivity contribution is 7.87. The number of aromatic nitrogens is 1. The third kappa shape index (κ3) is 9.34. The normalized spacial score (nSPS) is 21.9. The number of carbonyl (C=O) groups excluding carboxylic acids is 2. The minimum absolute atomic E-state index is 0.0453. The van der Waals surface area contributed by atoms with Crippen LogP contribution in [-0.2, 0) is 14.9 Å². The summed E-state index contributed by atoms with van der Waals surface area (Å²) in [5, 5.41) is 2.81. The maximum atomic E-state index is 14.7. The minimum atomic E-state index is -4.31. The average Bonchev–Trinajstić information content (AvgIpc) is 3.20. The molecule has 2 aromatic rings. The number of nitrogens with one attached hydrogen (secondary N) is 2. The maximum absolute atomic E-state index is 14.7. The minimum Gasteiger partial charge on any atom is -0.493 e. The molecule has 2 amide bonds. The second kappa shape index (κ2) is 13.6. The third-order valence-electron chi connectivity index (χ3n) is 8.22. The van der Waals surface area contributed by atoms with Gasteiger partial charge in [-0.05, 0) is 96.9 Å². The number of amides is 2. The first-order valence-corrected chi connectivity index (χ1v) is 17.7. The van der Waals surface area contributed by atoms with E-state index in [4.69, 9.17) is 14.5 Å². The van der Waals surface area contributed by atoms with E-state index in [-0.39, 0.29) is 30.1 Å². The molecule has 1 aromatic carbocycles. The van der Waals surface area contributed by atoms with Crippen molar-refractivity contribution in [1.29, 1.82) is 0 Å². The first-order valence-electron chi connectivity index (χ1n) is 16.2. The fourth-order valence-corrected chi connectivity index (χ4v) is 7.59. The molecular formula is C34H50FN5O6S. The Morgan fingerprint density at radius 3 is 2.47 bits per heavy atom. The zero-order chi connectivity index (χ0) is 34.9. The Labute approximate surface area is 278 Å². The number of nitrogens with zero attached hydrogens (tertiary/aromatic N) is 3. The summed E-state index contributed by atoms with van der Waals surface area (Å²) in [5.41, 5.74) is -1.02. The van der Waals surface area contributed by atoms with Gasteiger partial charge < -0.3 is 19.7 Å². The molecule has 3 heterocycles. The van der Waals surface area contributed by atoms with E-state index < -0.39 is 39.2 Å². The van der Waals surface area contributed by atoms with Crippen LogP contribution < -0.4 is 19.7 Å². The topological polar surface area (TPSA) is 130 Å². The van der Waals surface area contributed by atoms with Crippen molar-refractivity contribution in [3.05, 3.63) is 41.7 Å². The van der Waals surface area contributed by atoms with E-state index in [1.54, 1.807) is 39.8 Å². The van der Waals surface area contributed by atoms with Crippen LogP contribution in [0.2, 0.25) is 0 Å². The van der Waals surface area contributed by atoms with Gasteiger partial charge in [-0.2, -0.15) is 12.7 Å². The van der Waals surface area contributed by atoms with Crippen LogP contribution >= 0.6 is 0 Å². The van der Waals surface area contributed by atoms with Crippen LogP contribution in [0.3, 0.4) is 0 Å². The van der Waals surface area contributed by atoms with E-state index in [1.165, 1.54) is 22.5 Å². The molecule has 2 fully saturated rings. The lowest BCUT2D eigenvalue weighted by Gasteiger charge is -2.40. The Balaban J connectivity index is 1.64. The van der Waals surface area contributed by atoms with Crippen molar-refractivity contribution in [2.75, 3.05) is 31.1 Å². The van der Waals surface area contributed by atoms with Crippen molar-refractivity contribution in [1.82, 2.24) is 19.3 Å².